The van der Waals surface area contributed by atoms with Crippen LogP contribution in [0.5, 0.6) is 5.75 Å². The second-order valence-electron chi connectivity index (χ2n) is 3.61. The molecule has 0 unspecified atom stereocenters. The predicted octanol–water partition coefficient (Wildman–Crippen LogP) is 1.58. The SMILES string of the molecule is O=C(Nc1ncc(C#CCO)s1)c1ccc(F)cc1O. The van der Waals surface area contributed by atoms with Crippen LogP contribution in [-0.4, -0.2) is 27.7 Å². The van der Waals surface area contributed by atoms with E-state index >= 15 is 0 Å². The molecule has 0 saturated carbocycles. The van der Waals surface area contributed by atoms with Gasteiger partial charge < -0.3 is 10.2 Å². The van der Waals surface area contributed by atoms with Crippen LogP contribution in [0.4, 0.5) is 9.52 Å². The highest BCUT2D eigenvalue weighted by Crippen LogP contribution is 2.22. The minimum Gasteiger partial charge on any atom is -0.507 e. The lowest BCUT2D eigenvalue weighted by Crippen LogP contribution is -2.11. The van der Waals surface area contributed by atoms with Gasteiger partial charge in [-0.15, -0.1) is 0 Å². The molecule has 3 N–H and O–H groups in total. The maximum atomic E-state index is 12.8. The van der Waals surface area contributed by atoms with Crippen LogP contribution in [0.1, 0.15) is 15.2 Å². The predicted molar refractivity (Wildman–Crippen MR) is 72.1 cm³/mol. The van der Waals surface area contributed by atoms with Crippen LogP contribution < -0.4 is 5.32 Å². The van der Waals surface area contributed by atoms with E-state index in [1.54, 1.807) is 0 Å². The number of carbonyl (C=O) groups excluding carboxylic acids is 1. The molecule has 2 rings (SSSR count). The van der Waals surface area contributed by atoms with Gasteiger partial charge in [0.15, 0.2) is 5.13 Å². The van der Waals surface area contributed by atoms with Crippen LogP contribution in [0.2, 0.25) is 0 Å². The first-order valence-electron chi connectivity index (χ1n) is 5.45. The Hall–Kier alpha value is -2.43. The van der Waals surface area contributed by atoms with E-state index in [1.807, 2.05) is 0 Å². The number of thiazole rings is 1. The monoisotopic (exact) mass is 292 g/mol. The highest BCUT2D eigenvalue weighted by atomic mass is 32.1. The molecule has 0 spiro atoms. The summed E-state index contributed by atoms with van der Waals surface area (Å²) in [7, 11) is 0. The van der Waals surface area contributed by atoms with Gasteiger partial charge in [-0.1, -0.05) is 23.2 Å². The molecule has 2 aromatic rings. The first kappa shape index (κ1) is 14.0. The van der Waals surface area contributed by atoms with Gasteiger partial charge in [0.1, 0.15) is 18.2 Å². The Bertz CT molecular complexity index is 703. The van der Waals surface area contributed by atoms with E-state index < -0.39 is 17.5 Å². The van der Waals surface area contributed by atoms with E-state index in [-0.39, 0.29) is 12.2 Å². The minimum absolute atomic E-state index is 0.0513. The highest BCUT2D eigenvalue weighted by molar-refractivity contribution is 7.16. The molecular formula is C13H9FN2O3S. The quantitative estimate of drug-likeness (QED) is 0.734. The lowest BCUT2D eigenvalue weighted by molar-refractivity contribution is 0.102. The molecule has 20 heavy (non-hydrogen) atoms. The highest BCUT2D eigenvalue weighted by Gasteiger charge is 2.13. The summed E-state index contributed by atoms with van der Waals surface area (Å²) in [4.78, 5) is 16.4. The van der Waals surface area contributed by atoms with Crippen molar-refractivity contribution in [2.75, 3.05) is 11.9 Å². The van der Waals surface area contributed by atoms with E-state index in [0.29, 0.717) is 10.0 Å². The third-order valence-corrected chi connectivity index (χ3v) is 3.05. The summed E-state index contributed by atoms with van der Waals surface area (Å²) < 4.78 is 12.8. The van der Waals surface area contributed by atoms with Crippen molar-refractivity contribution in [2.45, 2.75) is 0 Å². The van der Waals surface area contributed by atoms with E-state index in [2.05, 4.69) is 22.1 Å². The van der Waals surface area contributed by atoms with Gasteiger partial charge in [-0.2, -0.15) is 0 Å². The number of rotatable bonds is 2. The normalized spacial score (nSPS) is 9.70. The molecule has 1 aromatic carbocycles. The van der Waals surface area contributed by atoms with Crippen LogP contribution in [-0.2, 0) is 0 Å². The minimum atomic E-state index is -0.630. The Kier molecular flexibility index (Phi) is 4.30. The van der Waals surface area contributed by atoms with Gasteiger partial charge in [-0.3, -0.25) is 10.1 Å². The van der Waals surface area contributed by atoms with Gasteiger partial charge in [0.2, 0.25) is 0 Å². The Morgan fingerprint density at radius 2 is 2.30 bits per heavy atom. The Morgan fingerprint density at radius 3 is 3.00 bits per heavy atom. The number of phenolic OH excluding ortho intramolecular Hbond substituents is 1. The summed E-state index contributed by atoms with van der Waals surface area (Å²) in [5.41, 5.74) is -0.0513. The standard InChI is InChI=1S/C13H9FN2O3S/c14-8-3-4-10(11(18)6-8)12(19)16-13-15-7-9(20-13)2-1-5-17/h3-4,6-7,17-18H,5H2,(H,15,16,19). The molecule has 1 heterocycles. The Morgan fingerprint density at radius 1 is 1.50 bits per heavy atom. The largest absolute Gasteiger partial charge is 0.507 e. The zero-order valence-corrected chi connectivity index (χ0v) is 10.9. The smallest absolute Gasteiger partial charge is 0.261 e. The van der Waals surface area contributed by atoms with Gasteiger partial charge in [0.25, 0.3) is 5.91 Å². The van der Waals surface area contributed by atoms with Crippen LogP contribution >= 0.6 is 11.3 Å². The van der Waals surface area contributed by atoms with E-state index in [0.717, 1.165) is 23.5 Å². The fraction of sp³-hybridized carbons (Fsp3) is 0.0769. The number of aliphatic hydroxyl groups excluding tert-OH is 1. The van der Waals surface area contributed by atoms with Crippen LogP contribution in [0.15, 0.2) is 24.4 Å². The van der Waals surface area contributed by atoms with Gasteiger partial charge >= 0.3 is 0 Å². The van der Waals surface area contributed by atoms with Gasteiger partial charge in [-0.05, 0) is 12.1 Å². The van der Waals surface area contributed by atoms with Gasteiger partial charge in [-0.25, -0.2) is 9.37 Å². The van der Waals surface area contributed by atoms with Crippen molar-refractivity contribution >= 4 is 22.4 Å². The summed E-state index contributed by atoms with van der Waals surface area (Å²) in [5.74, 6) is 3.44. The number of benzene rings is 1. The number of aromatic hydroxyl groups is 1. The molecule has 1 amide bonds. The number of hydrogen-bond acceptors (Lipinski definition) is 5. The van der Waals surface area contributed by atoms with E-state index in [1.165, 1.54) is 12.3 Å². The fourth-order valence-electron chi connectivity index (χ4n) is 1.38. The molecule has 0 fully saturated rings. The summed E-state index contributed by atoms with van der Waals surface area (Å²) in [6.07, 6.45) is 1.45. The molecule has 0 saturated heterocycles. The number of carbonyl (C=O) groups is 1. The summed E-state index contributed by atoms with van der Waals surface area (Å²) in [6, 6.07) is 3.11. The Balaban J connectivity index is 2.13. The molecule has 0 bridgehead atoms. The second kappa shape index (κ2) is 6.14. The third-order valence-electron chi connectivity index (χ3n) is 2.22. The zero-order valence-electron chi connectivity index (χ0n) is 10.1. The number of aromatic nitrogens is 1. The van der Waals surface area contributed by atoms with E-state index in [4.69, 9.17) is 5.11 Å². The number of aliphatic hydroxyl groups is 1. The fourth-order valence-corrected chi connectivity index (χ4v) is 2.06. The lowest BCUT2D eigenvalue weighted by Gasteiger charge is -2.03. The molecule has 1 aromatic heterocycles. The van der Waals surface area contributed by atoms with Crippen molar-refractivity contribution < 1.29 is 19.4 Å². The molecule has 7 heteroatoms. The van der Waals surface area contributed by atoms with Crippen molar-refractivity contribution in [1.82, 2.24) is 4.98 Å². The number of nitrogens with zero attached hydrogens (tertiary/aromatic N) is 1. The number of halogens is 1. The molecule has 0 aliphatic heterocycles. The van der Waals surface area contributed by atoms with Crippen LogP contribution in [0.25, 0.3) is 0 Å². The summed E-state index contributed by atoms with van der Waals surface area (Å²) in [6.45, 7) is -0.261. The van der Waals surface area contributed by atoms with Gasteiger partial charge in [0, 0.05) is 6.07 Å². The first-order valence-corrected chi connectivity index (χ1v) is 6.27. The second-order valence-corrected chi connectivity index (χ2v) is 4.64. The number of phenols is 1. The lowest BCUT2D eigenvalue weighted by atomic mass is 10.2. The van der Waals surface area contributed by atoms with Crippen molar-refractivity contribution in [1.29, 1.82) is 0 Å². The molecule has 102 valence electrons. The molecule has 0 aliphatic rings. The topological polar surface area (TPSA) is 82.5 Å². The average molecular weight is 292 g/mol. The number of amides is 1. The number of hydrogen-bond donors (Lipinski definition) is 3. The molecule has 0 atom stereocenters. The maximum Gasteiger partial charge on any atom is 0.261 e. The Labute approximate surface area is 117 Å². The van der Waals surface area contributed by atoms with Gasteiger partial charge in [0.05, 0.1) is 16.6 Å². The van der Waals surface area contributed by atoms with Crippen LogP contribution in [0, 0.1) is 17.7 Å². The summed E-state index contributed by atoms with van der Waals surface area (Å²) >= 11 is 1.12. The zero-order chi connectivity index (χ0) is 14.5. The molecule has 0 radical (unpaired) electrons. The first-order chi connectivity index (χ1) is 9.60. The third kappa shape index (κ3) is 3.32. The van der Waals surface area contributed by atoms with Crippen LogP contribution in [0.3, 0.4) is 0 Å². The van der Waals surface area contributed by atoms with E-state index in [9.17, 15) is 14.3 Å². The van der Waals surface area contributed by atoms with Crippen molar-refractivity contribution in [2.24, 2.45) is 0 Å². The van der Waals surface area contributed by atoms with Crippen molar-refractivity contribution in [3.05, 3.63) is 40.7 Å². The van der Waals surface area contributed by atoms with Crippen molar-refractivity contribution in [3.8, 4) is 17.6 Å². The molecule has 5 nitrogen and oxygen atoms in total. The van der Waals surface area contributed by atoms with Crippen molar-refractivity contribution in [3.63, 3.8) is 0 Å². The maximum absolute atomic E-state index is 12.8. The molecule has 0 aliphatic carbocycles. The molecular weight excluding hydrogens is 283 g/mol. The number of anilines is 1. The number of nitrogens with one attached hydrogen (secondary N) is 1. The summed E-state index contributed by atoms with van der Waals surface area (Å²) in [5, 5.41) is 20.8. The average Bonchev–Trinajstić information content (AvgIpc) is 2.83.